The fourth-order valence-corrected chi connectivity index (χ4v) is 5.31. The van der Waals surface area contributed by atoms with Gasteiger partial charge in [0.1, 0.15) is 0 Å². The van der Waals surface area contributed by atoms with Gasteiger partial charge in [0.2, 0.25) is 0 Å². The van der Waals surface area contributed by atoms with Crippen LogP contribution in [0.3, 0.4) is 0 Å². The molecule has 0 saturated carbocycles. The molecule has 0 nitrogen and oxygen atoms in total. The standard InChI is InChI=1S/C32H22S/c1-3-11-29-23(7-1)9-5-13-31(29)25-15-19-27(20-16-25)33-28-21-17-26(18-22-28)32-14-6-10-24-8-2-4-12-30(24)32/h1-22H. The summed E-state index contributed by atoms with van der Waals surface area (Å²) in [6.07, 6.45) is 0. The van der Waals surface area contributed by atoms with Gasteiger partial charge in [-0.25, -0.2) is 0 Å². The Labute approximate surface area is 198 Å². The molecule has 0 unspecified atom stereocenters. The van der Waals surface area contributed by atoms with Gasteiger partial charge in [0.25, 0.3) is 0 Å². The summed E-state index contributed by atoms with van der Waals surface area (Å²) in [7, 11) is 0. The third-order valence-corrected chi connectivity index (χ3v) is 7.16. The molecule has 0 saturated heterocycles. The molecule has 0 aromatic heterocycles. The van der Waals surface area contributed by atoms with Gasteiger partial charge in [0.15, 0.2) is 0 Å². The summed E-state index contributed by atoms with van der Waals surface area (Å²) >= 11 is 1.80. The third-order valence-electron chi connectivity index (χ3n) is 6.15. The van der Waals surface area contributed by atoms with Crippen LogP contribution in [-0.4, -0.2) is 0 Å². The van der Waals surface area contributed by atoms with Crippen LogP contribution in [0.4, 0.5) is 0 Å². The van der Waals surface area contributed by atoms with Crippen LogP contribution in [0.15, 0.2) is 143 Å². The van der Waals surface area contributed by atoms with E-state index in [4.69, 9.17) is 0 Å². The minimum Gasteiger partial charge on any atom is -0.0901 e. The molecule has 0 amide bonds. The van der Waals surface area contributed by atoms with E-state index in [9.17, 15) is 0 Å². The van der Waals surface area contributed by atoms with E-state index in [1.165, 1.54) is 53.6 Å². The second-order valence-corrected chi connectivity index (χ2v) is 9.35. The molecule has 0 fully saturated rings. The SMILES string of the molecule is c1ccc2c(-c3ccc(Sc4ccc(-c5cccc6ccccc56)cc4)cc3)cccc2c1. The molecular weight excluding hydrogens is 416 g/mol. The summed E-state index contributed by atoms with van der Waals surface area (Å²) in [6.45, 7) is 0. The highest BCUT2D eigenvalue weighted by Crippen LogP contribution is 2.34. The Hall–Kier alpha value is -3.81. The van der Waals surface area contributed by atoms with Gasteiger partial charge in [0, 0.05) is 9.79 Å². The zero-order chi connectivity index (χ0) is 22.0. The maximum atomic E-state index is 2.23. The first-order valence-corrected chi connectivity index (χ1v) is 12.0. The Kier molecular flexibility index (Phi) is 5.18. The first-order valence-electron chi connectivity index (χ1n) is 11.2. The van der Waals surface area contributed by atoms with Crippen molar-refractivity contribution in [3.8, 4) is 22.3 Å². The highest BCUT2D eigenvalue weighted by Gasteiger charge is 2.06. The van der Waals surface area contributed by atoms with Crippen molar-refractivity contribution >= 4 is 33.3 Å². The monoisotopic (exact) mass is 438 g/mol. The van der Waals surface area contributed by atoms with Crippen LogP contribution in [0.2, 0.25) is 0 Å². The summed E-state index contributed by atoms with van der Waals surface area (Å²) in [4.78, 5) is 2.49. The van der Waals surface area contributed by atoms with Crippen LogP contribution in [-0.2, 0) is 0 Å². The molecule has 0 atom stereocenters. The van der Waals surface area contributed by atoms with Gasteiger partial charge in [-0.15, -0.1) is 0 Å². The minimum absolute atomic E-state index is 1.25. The average molecular weight is 439 g/mol. The number of benzene rings is 6. The van der Waals surface area contributed by atoms with Gasteiger partial charge in [-0.05, 0) is 68.1 Å². The Morgan fingerprint density at radius 1 is 0.333 bits per heavy atom. The van der Waals surface area contributed by atoms with E-state index in [0.29, 0.717) is 0 Å². The molecule has 0 aliphatic heterocycles. The molecule has 0 spiro atoms. The Bertz CT molecular complexity index is 1430. The lowest BCUT2D eigenvalue weighted by atomic mass is 9.98. The maximum Gasteiger partial charge on any atom is 0.0122 e. The van der Waals surface area contributed by atoms with E-state index in [-0.39, 0.29) is 0 Å². The Morgan fingerprint density at radius 2 is 0.727 bits per heavy atom. The predicted molar refractivity (Wildman–Crippen MR) is 143 cm³/mol. The van der Waals surface area contributed by atoms with Crippen LogP contribution in [0.25, 0.3) is 43.8 Å². The Morgan fingerprint density at radius 3 is 1.18 bits per heavy atom. The number of fused-ring (bicyclic) bond motifs is 2. The molecule has 156 valence electrons. The molecule has 0 aliphatic rings. The average Bonchev–Trinajstić information content (AvgIpc) is 2.89. The molecule has 6 rings (SSSR count). The quantitative estimate of drug-likeness (QED) is 0.264. The van der Waals surface area contributed by atoms with Gasteiger partial charge in [-0.2, -0.15) is 0 Å². The fourth-order valence-electron chi connectivity index (χ4n) is 4.50. The smallest absolute Gasteiger partial charge is 0.0122 e. The largest absolute Gasteiger partial charge is 0.0901 e. The summed E-state index contributed by atoms with van der Waals surface area (Å²) in [5, 5.41) is 5.15. The van der Waals surface area contributed by atoms with Gasteiger partial charge >= 0.3 is 0 Å². The van der Waals surface area contributed by atoms with Crippen LogP contribution in [0, 0.1) is 0 Å². The van der Waals surface area contributed by atoms with Crippen molar-refractivity contribution in [2.75, 3.05) is 0 Å². The van der Waals surface area contributed by atoms with Gasteiger partial charge in [0.05, 0.1) is 0 Å². The van der Waals surface area contributed by atoms with Gasteiger partial charge in [-0.3, -0.25) is 0 Å². The van der Waals surface area contributed by atoms with Gasteiger partial charge in [-0.1, -0.05) is 121 Å². The van der Waals surface area contributed by atoms with Crippen molar-refractivity contribution in [1.29, 1.82) is 0 Å². The van der Waals surface area contributed by atoms with E-state index >= 15 is 0 Å². The molecule has 33 heavy (non-hydrogen) atoms. The van der Waals surface area contributed by atoms with Crippen molar-refractivity contribution in [1.82, 2.24) is 0 Å². The number of rotatable bonds is 4. The minimum atomic E-state index is 1.25. The topological polar surface area (TPSA) is 0 Å². The lowest BCUT2D eigenvalue weighted by molar-refractivity contribution is 1.41. The highest BCUT2D eigenvalue weighted by molar-refractivity contribution is 7.99. The zero-order valence-corrected chi connectivity index (χ0v) is 18.9. The van der Waals surface area contributed by atoms with E-state index < -0.39 is 0 Å². The van der Waals surface area contributed by atoms with Crippen LogP contribution in [0.5, 0.6) is 0 Å². The molecule has 0 heterocycles. The summed E-state index contributed by atoms with van der Waals surface area (Å²) in [6, 6.07) is 48.0. The van der Waals surface area contributed by atoms with Crippen molar-refractivity contribution in [3.63, 3.8) is 0 Å². The second-order valence-electron chi connectivity index (χ2n) is 8.20. The van der Waals surface area contributed by atoms with Crippen LogP contribution >= 0.6 is 11.8 Å². The molecule has 1 heteroatoms. The summed E-state index contributed by atoms with van der Waals surface area (Å²) < 4.78 is 0. The molecule has 6 aromatic carbocycles. The lowest BCUT2D eigenvalue weighted by Gasteiger charge is -2.09. The van der Waals surface area contributed by atoms with Crippen molar-refractivity contribution in [2.45, 2.75) is 9.79 Å². The summed E-state index contributed by atoms with van der Waals surface area (Å²) in [5.41, 5.74) is 5.07. The Balaban J connectivity index is 1.25. The first-order chi connectivity index (χ1) is 16.3. The highest BCUT2D eigenvalue weighted by atomic mass is 32.2. The van der Waals surface area contributed by atoms with E-state index in [0.717, 1.165) is 0 Å². The molecule has 0 radical (unpaired) electrons. The molecule has 0 bridgehead atoms. The normalized spacial score (nSPS) is 11.2. The lowest BCUT2D eigenvalue weighted by Crippen LogP contribution is -1.83. The molecule has 6 aromatic rings. The maximum absolute atomic E-state index is 2.23. The van der Waals surface area contributed by atoms with Gasteiger partial charge < -0.3 is 0 Å². The van der Waals surface area contributed by atoms with Crippen molar-refractivity contribution in [3.05, 3.63) is 133 Å². The fraction of sp³-hybridized carbons (Fsp3) is 0. The molecule has 0 N–H and O–H groups in total. The zero-order valence-electron chi connectivity index (χ0n) is 18.1. The van der Waals surface area contributed by atoms with Crippen molar-refractivity contribution < 1.29 is 0 Å². The number of hydrogen-bond donors (Lipinski definition) is 0. The first kappa shape index (κ1) is 19.8. The van der Waals surface area contributed by atoms with E-state index in [1.54, 1.807) is 11.8 Å². The molecular formula is C32H22S. The van der Waals surface area contributed by atoms with Crippen LogP contribution in [0.1, 0.15) is 0 Å². The van der Waals surface area contributed by atoms with Crippen molar-refractivity contribution in [2.24, 2.45) is 0 Å². The second kappa shape index (κ2) is 8.61. The van der Waals surface area contributed by atoms with E-state index in [2.05, 4.69) is 133 Å². The van der Waals surface area contributed by atoms with Crippen LogP contribution < -0.4 is 0 Å². The third kappa shape index (κ3) is 3.92. The summed E-state index contributed by atoms with van der Waals surface area (Å²) in [5.74, 6) is 0. The predicted octanol–water partition coefficient (Wildman–Crippen LogP) is 9.48. The molecule has 0 aliphatic carbocycles. The van der Waals surface area contributed by atoms with E-state index in [1.807, 2.05) is 0 Å². The number of hydrogen-bond acceptors (Lipinski definition) is 1.